The average molecular weight is 437 g/mol. The highest BCUT2D eigenvalue weighted by atomic mass is 32.1. The number of fused-ring (bicyclic) bond motifs is 2. The van der Waals surface area contributed by atoms with Gasteiger partial charge in [-0.05, 0) is 30.3 Å². The lowest BCUT2D eigenvalue weighted by atomic mass is 10.0. The molecular weight excluding hydrogens is 408 g/mol. The summed E-state index contributed by atoms with van der Waals surface area (Å²) in [5.41, 5.74) is 9.54. The molecule has 0 amide bonds. The maximum atomic E-state index is 5.73. The first-order chi connectivity index (χ1) is 15.2. The molecule has 3 heterocycles. The van der Waals surface area contributed by atoms with Crippen molar-refractivity contribution < 1.29 is 0 Å². The Kier molecular flexibility index (Phi) is 7.80. The number of nitrogens with two attached hydrogens (primary N) is 1. The van der Waals surface area contributed by atoms with Gasteiger partial charge in [-0.2, -0.15) is 9.61 Å². The van der Waals surface area contributed by atoms with Crippen molar-refractivity contribution in [1.82, 2.24) is 30.1 Å². The van der Waals surface area contributed by atoms with Crippen molar-refractivity contribution in [2.75, 3.05) is 13.6 Å². The van der Waals surface area contributed by atoms with Crippen molar-refractivity contribution in [2.24, 2.45) is 10.7 Å². The second kappa shape index (κ2) is 10.7. The molecule has 0 spiro atoms. The van der Waals surface area contributed by atoms with Crippen LogP contribution in [0.5, 0.6) is 0 Å². The largest absolute Gasteiger partial charge is 0.404 e. The highest BCUT2D eigenvalue weighted by Crippen LogP contribution is 2.21. The van der Waals surface area contributed by atoms with Gasteiger partial charge in [0.15, 0.2) is 5.82 Å². The molecule has 4 aromatic rings. The highest BCUT2D eigenvalue weighted by Gasteiger charge is 2.12. The Morgan fingerprint density at radius 3 is 2.84 bits per heavy atom. The number of aromatic nitrogens is 5. The maximum absolute atomic E-state index is 5.73. The van der Waals surface area contributed by atoms with Gasteiger partial charge >= 0.3 is 0 Å². The highest BCUT2D eigenvalue weighted by molar-refractivity contribution is 7.16. The zero-order valence-corrected chi connectivity index (χ0v) is 19.1. The molecule has 3 N–H and O–H groups in total. The Balaban J connectivity index is 0.00000132. The van der Waals surface area contributed by atoms with Crippen molar-refractivity contribution in [1.29, 1.82) is 0 Å². The molecular formula is C22H28N8S. The van der Waals surface area contributed by atoms with Gasteiger partial charge in [-0.15, -0.1) is 10.2 Å². The van der Waals surface area contributed by atoms with Crippen LogP contribution in [-0.2, 0) is 13.0 Å². The molecule has 0 saturated heterocycles. The summed E-state index contributed by atoms with van der Waals surface area (Å²) in [5.74, 6) is 0.822. The van der Waals surface area contributed by atoms with E-state index in [0.29, 0.717) is 6.42 Å². The summed E-state index contributed by atoms with van der Waals surface area (Å²) >= 11 is 1.56. The molecule has 3 aromatic heterocycles. The standard InChI is InChI=1S/C20H22N8S.C2H6/c1-3-23-12-19-27-28-18(25-26-20(28)29-19)7-13-4-5-17-14(6-13)8-15(11-24-17)16(9-21)10-22-2;1-2/h4-6,8-11,23H,3,7,12,21H2,1-2H3;1-2H3/b16-9+,22-10?;. The number of hydrogen-bond donors (Lipinski definition) is 2. The first-order valence-corrected chi connectivity index (χ1v) is 11.2. The Morgan fingerprint density at radius 2 is 2.10 bits per heavy atom. The van der Waals surface area contributed by atoms with Crippen LogP contribution in [-0.4, -0.2) is 44.6 Å². The molecule has 0 aliphatic rings. The summed E-state index contributed by atoms with van der Waals surface area (Å²) in [6.07, 6.45) is 5.72. The fourth-order valence-corrected chi connectivity index (χ4v) is 3.92. The third-order valence-corrected chi connectivity index (χ3v) is 5.41. The molecule has 31 heavy (non-hydrogen) atoms. The van der Waals surface area contributed by atoms with Gasteiger partial charge in [-0.25, -0.2) is 0 Å². The fourth-order valence-electron chi connectivity index (χ4n) is 3.10. The van der Waals surface area contributed by atoms with Crippen LogP contribution in [0.3, 0.4) is 0 Å². The minimum atomic E-state index is 0.641. The number of benzene rings is 1. The first-order valence-electron chi connectivity index (χ1n) is 10.4. The summed E-state index contributed by atoms with van der Waals surface area (Å²) in [4.78, 5) is 9.41. The summed E-state index contributed by atoms with van der Waals surface area (Å²) in [6.45, 7) is 7.73. The summed E-state index contributed by atoms with van der Waals surface area (Å²) in [5, 5.41) is 18.6. The van der Waals surface area contributed by atoms with E-state index in [4.69, 9.17) is 5.73 Å². The van der Waals surface area contributed by atoms with E-state index in [-0.39, 0.29) is 0 Å². The van der Waals surface area contributed by atoms with Crippen molar-refractivity contribution in [3.63, 3.8) is 0 Å². The summed E-state index contributed by atoms with van der Waals surface area (Å²) in [6, 6.07) is 8.28. The molecule has 1 aromatic carbocycles. The number of hydrogen-bond acceptors (Lipinski definition) is 8. The van der Waals surface area contributed by atoms with Gasteiger partial charge in [0.25, 0.3) is 0 Å². The van der Waals surface area contributed by atoms with Crippen molar-refractivity contribution in [3.05, 3.63) is 58.6 Å². The predicted octanol–water partition coefficient (Wildman–Crippen LogP) is 3.46. The van der Waals surface area contributed by atoms with E-state index in [1.807, 2.05) is 30.6 Å². The number of aliphatic imine (C=N–C) groups is 1. The Bertz CT molecular complexity index is 1200. The van der Waals surface area contributed by atoms with Gasteiger partial charge < -0.3 is 11.1 Å². The van der Waals surface area contributed by atoms with E-state index in [2.05, 4.69) is 55.7 Å². The predicted molar refractivity (Wildman–Crippen MR) is 129 cm³/mol. The number of nitrogens with zero attached hydrogens (tertiary/aromatic N) is 6. The summed E-state index contributed by atoms with van der Waals surface area (Å²) in [7, 11) is 1.72. The van der Waals surface area contributed by atoms with E-state index in [9.17, 15) is 0 Å². The Labute approximate surface area is 185 Å². The van der Waals surface area contributed by atoms with Gasteiger partial charge in [0.2, 0.25) is 4.96 Å². The number of rotatable bonds is 7. The van der Waals surface area contributed by atoms with Gasteiger partial charge in [0.1, 0.15) is 5.01 Å². The molecule has 0 bridgehead atoms. The molecule has 0 fully saturated rings. The third-order valence-electron chi connectivity index (χ3n) is 4.51. The second-order valence-electron chi connectivity index (χ2n) is 6.52. The van der Waals surface area contributed by atoms with Crippen LogP contribution in [0.15, 0.2) is 41.7 Å². The SMILES string of the molecule is CC.CCNCc1nn2c(Cc3ccc4ncc(/C(C=NC)=C/N)cc4c3)nnc2s1. The molecule has 9 heteroatoms. The lowest BCUT2D eigenvalue weighted by Crippen LogP contribution is -2.11. The molecule has 0 unspecified atom stereocenters. The zero-order chi connectivity index (χ0) is 22.2. The normalized spacial score (nSPS) is 11.9. The molecule has 162 valence electrons. The molecule has 0 aliphatic carbocycles. The van der Waals surface area contributed by atoms with E-state index in [1.54, 1.807) is 30.8 Å². The quantitative estimate of drug-likeness (QED) is 0.430. The first kappa shape index (κ1) is 22.5. The third kappa shape index (κ3) is 5.12. The van der Waals surface area contributed by atoms with E-state index < -0.39 is 0 Å². The molecule has 0 aliphatic heterocycles. The number of pyridine rings is 1. The van der Waals surface area contributed by atoms with Crippen molar-refractivity contribution >= 4 is 39.0 Å². The monoisotopic (exact) mass is 436 g/mol. The maximum Gasteiger partial charge on any atom is 0.234 e. The van der Waals surface area contributed by atoms with Crippen LogP contribution in [0, 0.1) is 0 Å². The van der Waals surface area contributed by atoms with Crippen LogP contribution in [0.2, 0.25) is 0 Å². The lowest BCUT2D eigenvalue weighted by molar-refractivity contribution is 0.703. The van der Waals surface area contributed by atoms with Crippen LogP contribution < -0.4 is 11.1 Å². The number of allylic oxidation sites excluding steroid dienone is 1. The zero-order valence-electron chi connectivity index (χ0n) is 18.3. The number of nitrogens with one attached hydrogen (secondary N) is 1. The molecule has 4 rings (SSSR count). The summed E-state index contributed by atoms with van der Waals surface area (Å²) < 4.78 is 1.84. The van der Waals surface area contributed by atoms with Gasteiger partial charge in [0.05, 0.1) is 5.52 Å². The fraction of sp³-hybridized carbons (Fsp3) is 0.318. The van der Waals surface area contributed by atoms with E-state index in [1.165, 1.54) is 0 Å². The van der Waals surface area contributed by atoms with Gasteiger partial charge in [-0.3, -0.25) is 9.98 Å². The van der Waals surface area contributed by atoms with Crippen LogP contribution in [0.25, 0.3) is 21.4 Å². The molecule has 0 saturated carbocycles. The lowest BCUT2D eigenvalue weighted by Gasteiger charge is -2.05. The van der Waals surface area contributed by atoms with Crippen LogP contribution in [0.1, 0.15) is 42.7 Å². The smallest absolute Gasteiger partial charge is 0.234 e. The molecule has 8 nitrogen and oxygen atoms in total. The van der Waals surface area contributed by atoms with Gasteiger partial charge in [0, 0.05) is 55.1 Å². The van der Waals surface area contributed by atoms with Crippen LogP contribution >= 0.6 is 11.3 Å². The van der Waals surface area contributed by atoms with Crippen molar-refractivity contribution in [2.45, 2.75) is 33.7 Å². The topological polar surface area (TPSA) is 106 Å². The van der Waals surface area contributed by atoms with Crippen LogP contribution in [0.4, 0.5) is 0 Å². The second-order valence-corrected chi connectivity index (χ2v) is 7.56. The molecule has 0 radical (unpaired) electrons. The Hall–Kier alpha value is -3.17. The molecule has 0 atom stereocenters. The van der Waals surface area contributed by atoms with E-state index in [0.717, 1.165) is 56.5 Å². The van der Waals surface area contributed by atoms with E-state index >= 15 is 0 Å². The average Bonchev–Trinajstić information content (AvgIpc) is 3.38. The van der Waals surface area contributed by atoms with Crippen molar-refractivity contribution in [3.8, 4) is 0 Å². The van der Waals surface area contributed by atoms with Gasteiger partial charge in [-0.1, -0.05) is 38.2 Å². The minimum absolute atomic E-state index is 0.641. The minimum Gasteiger partial charge on any atom is -0.404 e. The Morgan fingerprint density at radius 1 is 1.26 bits per heavy atom.